The molecule has 0 radical (unpaired) electrons. The minimum absolute atomic E-state index is 0.207. The Balaban J connectivity index is 1.68. The van der Waals surface area contributed by atoms with Crippen molar-refractivity contribution in [3.05, 3.63) is 41.8 Å². The van der Waals surface area contributed by atoms with Crippen LogP contribution < -0.4 is 10.9 Å². The first kappa shape index (κ1) is 16.6. The lowest BCUT2D eigenvalue weighted by molar-refractivity contribution is -0.121. The third-order valence-corrected chi connectivity index (χ3v) is 3.03. The molecule has 122 valence electrons. The second-order valence-electron chi connectivity index (χ2n) is 5.30. The maximum absolute atomic E-state index is 11.7. The highest BCUT2D eigenvalue weighted by atomic mass is 16.5. The largest absolute Gasteiger partial charge is 0.339 e. The van der Waals surface area contributed by atoms with Crippen molar-refractivity contribution in [1.82, 2.24) is 26.0 Å². The van der Waals surface area contributed by atoms with Crippen molar-refractivity contribution < 1.29 is 14.1 Å². The molecule has 0 spiro atoms. The molecule has 2 heterocycles. The summed E-state index contributed by atoms with van der Waals surface area (Å²) in [4.78, 5) is 31.5. The summed E-state index contributed by atoms with van der Waals surface area (Å²) in [5.41, 5.74) is 5.07. The summed E-state index contributed by atoms with van der Waals surface area (Å²) >= 11 is 0. The van der Waals surface area contributed by atoms with E-state index in [0.29, 0.717) is 30.1 Å². The summed E-state index contributed by atoms with van der Waals surface area (Å²) < 4.78 is 5.09. The fourth-order valence-electron chi connectivity index (χ4n) is 1.76. The molecule has 23 heavy (non-hydrogen) atoms. The van der Waals surface area contributed by atoms with Gasteiger partial charge in [-0.2, -0.15) is 4.98 Å². The van der Waals surface area contributed by atoms with Crippen molar-refractivity contribution in [2.45, 2.75) is 39.0 Å². The molecule has 2 aromatic rings. The molecule has 2 amide bonds. The molecule has 2 aromatic heterocycles. The van der Waals surface area contributed by atoms with Gasteiger partial charge in [0.1, 0.15) is 0 Å². The number of nitrogens with zero attached hydrogens (tertiary/aromatic N) is 3. The van der Waals surface area contributed by atoms with Crippen molar-refractivity contribution in [1.29, 1.82) is 0 Å². The molecule has 0 saturated heterocycles. The molecule has 0 saturated carbocycles. The molecule has 0 aromatic carbocycles. The number of carbonyl (C=O) groups is 2. The second-order valence-corrected chi connectivity index (χ2v) is 5.30. The molecule has 0 bridgehead atoms. The van der Waals surface area contributed by atoms with E-state index in [2.05, 4.69) is 26.0 Å². The zero-order valence-electron chi connectivity index (χ0n) is 13.1. The number of nitrogens with one attached hydrogen (secondary N) is 2. The minimum Gasteiger partial charge on any atom is -0.339 e. The average molecular weight is 317 g/mol. The molecule has 8 nitrogen and oxygen atoms in total. The number of hydrogen-bond donors (Lipinski definition) is 2. The van der Waals surface area contributed by atoms with E-state index < -0.39 is 5.91 Å². The van der Waals surface area contributed by atoms with Gasteiger partial charge in [0.2, 0.25) is 11.8 Å². The Morgan fingerprint density at radius 2 is 2.13 bits per heavy atom. The third kappa shape index (κ3) is 5.17. The van der Waals surface area contributed by atoms with Crippen LogP contribution in [0.2, 0.25) is 0 Å². The first-order valence-corrected chi connectivity index (χ1v) is 7.38. The first-order valence-electron chi connectivity index (χ1n) is 7.38. The van der Waals surface area contributed by atoms with Gasteiger partial charge in [0.05, 0.1) is 5.56 Å². The molecule has 2 rings (SSSR count). The maximum atomic E-state index is 11.7. The van der Waals surface area contributed by atoms with E-state index in [4.69, 9.17) is 4.52 Å². The summed E-state index contributed by atoms with van der Waals surface area (Å²) in [5, 5.41) is 3.86. The van der Waals surface area contributed by atoms with Crippen molar-refractivity contribution in [3.63, 3.8) is 0 Å². The van der Waals surface area contributed by atoms with E-state index in [1.165, 1.54) is 6.20 Å². The van der Waals surface area contributed by atoms with E-state index in [9.17, 15) is 9.59 Å². The van der Waals surface area contributed by atoms with Crippen LogP contribution in [0.25, 0.3) is 0 Å². The van der Waals surface area contributed by atoms with Crippen molar-refractivity contribution >= 4 is 11.8 Å². The van der Waals surface area contributed by atoms with Crippen LogP contribution >= 0.6 is 0 Å². The highest BCUT2D eigenvalue weighted by molar-refractivity contribution is 5.94. The number of hydrogen-bond acceptors (Lipinski definition) is 6. The predicted molar refractivity (Wildman–Crippen MR) is 81.2 cm³/mol. The Morgan fingerprint density at radius 3 is 2.78 bits per heavy atom. The lowest BCUT2D eigenvalue weighted by atomic mass is 10.2. The normalized spacial score (nSPS) is 10.6. The Hall–Kier alpha value is -2.77. The maximum Gasteiger partial charge on any atom is 0.271 e. The molecule has 0 fully saturated rings. The minimum atomic E-state index is -0.412. The van der Waals surface area contributed by atoms with E-state index >= 15 is 0 Å². The number of pyridine rings is 1. The van der Waals surface area contributed by atoms with Crippen LogP contribution in [0.5, 0.6) is 0 Å². The number of rotatable bonds is 6. The van der Waals surface area contributed by atoms with Gasteiger partial charge < -0.3 is 4.52 Å². The molecule has 0 aliphatic rings. The van der Waals surface area contributed by atoms with Crippen molar-refractivity contribution in [3.8, 4) is 0 Å². The number of aromatic nitrogens is 3. The zero-order chi connectivity index (χ0) is 16.7. The van der Waals surface area contributed by atoms with E-state index in [1.54, 1.807) is 18.3 Å². The topological polar surface area (TPSA) is 110 Å². The van der Waals surface area contributed by atoms with E-state index in [-0.39, 0.29) is 18.2 Å². The van der Waals surface area contributed by atoms with Gasteiger partial charge >= 0.3 is 0 Å². The van der Waals surface area contributed by atoms with Crippen LogP contribution in [0.4, 0.5) is 0 Å². The summed E-state index contributed by atoms with van der Waals surface area (Å²) in [6.45, 7) is 3.96. The van der Waals surface area contributed by atoms with Crippen molar-refractivity contribution in [2.24, 2.45) is 0 Å². The average Bonchev–Trinajstić information content (AvgIpc) is 3.02. The van der Waals surface area contributed by atoms with Crippen molar-refractivity contribution in [2.75, 3.05) is 0 Å². The second kappa shape index (κ2) is 8.02. The summed E-state index contributed by atoms with van der Waals surface area (Å²) in [6.07, 6.45) is 4.30. The summed E-state index contributed by atoms with van der Waals surface area (Å²) in [7, 11) is 0. The van der Waals surface area contributed by atoms with Gasteiger partial charge in [0, 0.05) is 31.2 Å². The number of carbonyl (C=O) groups excluding carboxylic acids is 2. The van der Waals surface area contributed by atoms with E-state index in [0.717, 1.165) is 0 Å². The number of hydrazine groups is 1. The van der Waals surface area contributed by atoms with Crippen LogP contribution in [0, 0.1) is 0 Å². The fraction of sp³-hybridized carbons (Fsp3) is 0.400. The number of amides is 2. The zero-order valence-corrected chi connectivity index (χ0v) is 13.1. The van der Waals surface area contributed by atoms with Gasteiger partial charge in [-0.3, -0.25) is 25.4 Å². The van der Waals surface area contributed by atoms with Crippen LogP contribution in [0.1, 0.15) is 54.7 Å². The fourth-order valence-corrected chi connectivity index (χ4v) is 1.76. The Labute approximate surface area is 133 Å². The lowest BCUT2D eigenvalue weighted by Crippen LogP contribution is -2.41. The van der Waals surface area contributed by atoms with Gasteiger partial charge in [-0.05, 0) is 18.6 Å². The Kier molecular flexibility index (Phi) is 5.79. The molecular weight excluding hydrogens is 298 g/mol. The highest BCUT2D eigenvalue weighted by Crippen LogP contribution is 2.11. The molecule has 0 unspecified atom stereocenters. The SMILES string of the molecule is CC(C)c1noc(CCCC(=O)NNC(=O)c2cccnc2)n1. The van der Waals surface area contributed by atoms with Gasteiger partial charge in [0.15, 0.2) is 5.82 Å². The smallest absolute Gasteiger partial charge is 0.271 e. The van der Waals surface area contributed by atoms with Crippen LogP contribution in [0.15, 0.2) is 29.0 Å². The Bertz CT molecular complexity index is 654. The van der Waals surface area contributed by atoms with Gasteiger partial charge in [-0.1, -0.05) is 19.0 Å². The molecule has 2 N–H and O–H groups in total. The third-order valence-electron chi connectivity index (χ3n) is 3.03. The van der Waals surface area contributed by atoms with Crippen LogP contribution in [0.3, 0.4) is 0 Å². The van der Waals surface area contributed by atoms with Gasteiger partial charge in [-0.25, -0.2) is 0 Å². The van der Waals surface area contributed by atoms with E-state index in [1.807, 2.05) is 13.8 Å². The summed E-state index contributed by atoms with van der Waals surface area (Å²) in [6, 6.07) is 3.25. The molecule has 8 heteroatoms. The molecule has 0 aliphatic heterocycles. The number of aryl methyl sites for hydroxylation is 1. The molecule has 0 atom stereocenters. The van der Waals surface area contributed by atoms with Crippen LogP contribution in [-0.4, -0.2) is 26.9 Å². The van der Waals surface area contributed by atoms with Gasteiger partial charge in [0.25, 0.3) is 5.91 Å². The molecular formula is C15H19N5O3. The Morgan fingerprint density at radius 1 is 1.30 bits per heavy atom. The molecule has 0 aliphatic carbocycles. The standard InChI is InChI=1S/C15H19N5O3/c1-10(2)14-17-13(23-20-14)7-3-6-12(21)18-19-15(22)11-5-4-8-16-9-11/h4-5,8-10H,3,6-7H2,1-2H3,(H,18,21)(H,19,22). The summed E-state index contributed by atoms with van der Waals surface area (Å²) in [5.74, 6) is 0.684. The predicted octanol–water partition coefficient (Wildman–Crippen LogP) is 1.37. The lowest BCUT2D eigenvalue weighted by Gasteiger charge is -2.06. The first-order chi connectivity index (χ1) is 11.1. The quantitative estimate of drug-likeness (QED) is 0.779. The van der Waals surface area contributed by atoms with Crippen LogP contribution in [-0.2, 0) is 11.2 Å². The van der Waals surface area contributed by atoms with Gasteiger partial charge in [-0.15, -0.1) is 0 Å². The highest BCUT2D eigenvalue weighted by Gasteiger charge is 2.11. The monoisotopic (exact) mass is 317 g/mol.